The van der Waals surface area contributed by atoms with E-state index in [1.54, 1.807) is 0 Å². The predicted octanol–water partition coefficient (Wildman–Crippen LogP) is 2.44. The van der Waals surface area contributed by atoms with Gasteiger partial charge in [-0.05, 0) is 31.7 Å². The molecular weight excluding hydrogens is 186 g/mol. The molecule has 1 aliphatic rings. The second-order valence-electron chi connectivity index (χ2n) is 4.12. The molecule has 0 fully saturated rings. The minimum absolute atomic E-state index is 0.138. The molecule has 0 saturated heterocycles. The van der Waals surface area contributed by atoms with Crippen molar-refractivity contribution in [3.8, 4) is 12.3 Å². The van der Waals surface area contributed by atoms with Gasteiger partial charge in [-0.3, -0.25) is 0 Å². The maximum atomic E-state index is 9.84. The predicted molar refractivity (Wildman–Crippen MR) is 60.5 cm³/mol. The highest BCUT2D eigenvalue weighted by atomic mass is 16.3. The summed E-state index contributed by atoms with van der Waals surface area (Å²) in [5.74, 6) is 2.80. The summed E-state index contributed by atoms with van der Waals surface area (Å²) in [6.45, 7) is 2.09. The summed E-state index contributed by atoms with van der Waals surface area (Å²) in [7, 11) is 0. The lowest BCUT2D eigenvalue weighted by Gasteiger charge is -2.22. The van der Waals surface area contributed by atoms with Crippen LogP contribution in [0, 0.1) is 12.3 Å². The first-order valence-electron chi connectivity index (χ1n) is 5.61. The molecule has 1 heterocycles. The van der Waals surface area contributed by atoms with Gasteiger partial charge in [0.15, 0.2) is 0 Å². The van der Waals surface area contributed by atoms with Crippen molar-refractivity contribution in [1.82, 2.24) is 4.57 Å². The molecule has 1 aliphatic carbocycles. The fraction of sp³-hybridized carbons (Fsp3) is 0.538. The van der Waals surface area contributed by atoms with Crippen LogP contribution in [0.4, 0.5) is 0 Å². The van der Waals surface area contributed by atoms with Crippen molar-refractivity contribution in [2.24, 2.45) is 0 Å². The SMILES string of the molecule is C#CC(CC)n1ccc2c1CCCC2O. The van der Waals surface area contributed by atoms with Crippen LogP contribution in [0.15, 0.2) is 12.3 Å². The topological polar surface area (TPSA) is 25.2 Å². The van der Waals surface area contributed by atoms with Crippen molar-refractivity contribution in [2.45, 2.75) is 44.8 Å². The average molecular weight is 203 g/mol. The fourth-order valence-corrected chi connectivity index (χ4v) is 2.38. The van der Waals surface area contributed by atoms with E-state index in [1.165, 1.54) is 5.69 Å². The minimum atomic E-state index is -0.287. The van der Waals surface area contributed by atoms with E-state index >= 15 is 0 Å². The van der Waals surface area contributed by atoms with Crippen LogP contribution in [-0.4, -0.2) is 9.67 Å². The first-order chi connectivity index (χ1) is 7.27. The summed E-state index contributed by atoms with van der Waals surface area (Å²) >= 11 is 0. The smallest absolute Gasteiger partial charge is 0.0938 e. The molecular formula is C13H17NO. The van der Waals surface area contributed by atoms with Crippen molar-refractivity contribution in [2.75, 3.05) is 0 Å². The zero-order chi connectivity index (χ0) is 10.8. The minimum Gasteiger partial charge on any atom is -0.388 e. The van der Waals surface area contributed by atoms with Gasteiger partial charge in [-0.25, -0.2) is 0 Å². The molecule has 0 aliphatic heterocycles. The van der Waals surface area contributed by atoms with Gasteiger partial charge in [0.1, 0.15) is 0 Å². The Morgan fingerprint density at radius 3 is 3.20 bits per heavy atom. The highest BCUT2D eigenvalue weighted by molar-refractivity contribution is 5.29. The molecule has 0 radical (unpaired) electrons. The second-order valence-corrected chi connectivity index (χ2v) is 4.12. The second kappa shape index (κ2) is 4.12. The summed E-state index contributed by atoms with van der Waals surface area (Å²) in [5.41, 5.74) is 2.31. The number of fused-ring (bicyclic) bond motifs is 1. The van der Waals surface area contributed by atoms with E-state index in [0.29, 0.717) is 0 Å². The van der Waals surface area contributed by atoms with Gasteiger partial charge in [-0.1, -0.05) is 12.8 Å². The van der Waals surface area contributed by atoms with Gasteiger partial charge >= 0.3 is 0 Å². The van der Waals surface area contributed by atoms with E-state index < -0.39 is 0 Å². The number of aliphatic hydroxyl groups excluding tert-OH is 1. The molecule has 0 spiro atoms. The molecule has 2 unspecified atom stereocenters. The van der Waals surface area contributed by atoms with Gasteiger partial charge in [0.2, 0.25) is 0 Å². The molecule has 2 atom stereocenters. The molecule has 2 nitrogen and oxygen atoms in total. The zero-order valence-electron chi connectivity index (χ0n) is 9.11. The molecule has 0 amide bonds. The molecule has 15 heavy (non-hydrogen) atoms. The Hall–Kier alpha value is -1.20. The lowest BCUT2D eigenvalue weighted by atomic mass is 9.95. The third-order valence-corrected chi connectivity index (χ3v) is 3.22. The van der Waals surface area contributed by atoms with Crippen molar-refractivity contribution >= 4 is 0 Å². The molecule has 1 aromatic heterocycles. The van der Waals surface area contributed by atoms with Crippen LogP contribution in [0.3, 0.4) is 0 Å². The Kier molecular flexibility index (Phi) is 2.83. The van der Waals surface area contributed by atoms with Crippen LogP contribution in [-0.2, 0) is 6.42 Å². The van der Waals surface area contributed by atoms with E-state index in [2.05, 4.69) is 17.4 Å². The Morgan fingerprint density at radius 2 is 2.53 bits per heavy atom. The van der Waals surface area contributed by atoms with Gasteiger partial charge in [0.05, 0.1) is 12.1 Å². The lowest BCUT2D eigenvalue weighted by molar-refractivity contribution is 0.155. The van der Waals surface area contributed by atoms with E-state index in [1.807, 2.05) is 12.3 Å². The summed E-state index contributed by atoms with van der Waals surface area (Å²) < 4.78 is 2.15. The maximum absolute atomic E-state index is 9.84. The lowest BCUT2D eigenvalue weighted by Crippen LogP contribution is -2.14. The molecule has 80 valence electrons. The van der Waals surface area contributed by atoms with E-state index in [4.69, 9.17) is 6.42 Å². The van der Waals surface area contributed by atoms with Crippen LogP contribution in [0.1, 0.15) is 49.6 Å². The Bertz CT molecular complexity index is 386. The van der Waals surface area contributed by atoms with Crippen LogP contribution in [0.25, 0.3) is 0 Å². The quantitative estimate of drug-likeness (QED) is 0.734. The fourth-order valence-electron chi connectivity index (χ4n) is 2.38. The van der Waals surface area contributed by atoms with E-state index in [9.17, 15) is 5.11 Å². The number of hydrogen-bond donors (Lipinski definition) is 1. The van der Waals surface area contributed by atoms with Crippen LogP contribution < -0.4 is 0 Å². The third-order valence-electron chi connectivity index (χ3n) is 3.22. The molecule has 1 aromatic rings. The van der Waals surface area contributed by atoms with Crippen molar-refractivity contribution in [3.63, 3.8) is 0 Å². The average Bonchev–Trinajstić information content (AvgIpc) is 2.66. The first kappa shape index (κ1) is 10.3. The highest BCUT2D eigenvalue weighted by Crippen LogP contribution is 2.32. The van der Waals surface area contributed by atoms with Gasteiger partial charge in [-0.2, -0.15) is 0 Å². The number of aliphatic hydroxyl groups is 1. The number of hydrogen-bond acceptors (Lipinski definition) is 1. The van der Waals surface area contributed by atoms with Crippen molar-refractivity contribution in [3.05, 3.63) is 23.5 Å². The molecule has 2 heteroatoms. The number of nitrogens with zero attached hydrogens (tertiary/aromatic N) is 1. The number of aromatic nitrogens is 1. The molecule has 1 N–H and O–H groups in total. The molecule has 0 bridgehead atoms. The summed E-state index contributed by atoms with van der Waals surface area (Å²) in [4.78, 5) is 0. The van der Waals surface area contributed by atoms with Crippen molar-refractivity contribution in [1.29, 1.82) is 0 Å². The van der Waals surface area contributed by atoms with Crippen LogP contribution in [0.5, 0.6) is 0 Å². The Labute approximate surface area is 90.9 Å². The highest BCUT2D eigenvalue weighted by Gasteiger charge is 2.22. The van der Waals surface area contributed by atoms with Gasteiger partial charge in [0, 0.05) is 17.5 Å². The van der Waals surface area contributed by atoms with Crippen molar-refractivity contribution < 1.29 is 5.11 Å². The normalized spacial score (nSPS) is 21.8. The summed E-state index contributed by atoms with van der Waals surface area (Å²) in [6, 6.07) is 2.15. The van der Waals surface area contributed by atoms with Gasteiger partial charge in [0.25, 0.3) is 0 Å². The first-order valence-corrected chi connectivity index (χ1v) is 5.61. The molecule has 0 saturated carbocycles. The molecule has 2 rings (SSSR count). The Balaban J connectivity index is 2.39. The van der Waals surface area contributed by atoms with Gasteiger partial charge < -0.3 is 9.67 Å². The van der Waals surface area contributed by atoms with E-state index in [-0.39, 0.29) is 12.1 Å². The number of rotatable bonds is 2. The monoisotopic (exact) mass is 203 g/mol. The van der Waals surface area contributed by atoms with E-state index in [0.717, 1.165) is 31.2 Å². The largest absolute Gasteiger partial charge is 0.388 e. The standard InChI is InChI=1S/C13H17NO/c1-3-10(4-2)14-9-8-11-12(14)6-5-7-13(11)15/h1,8-10,13,15H,4-7H2,2H3. The van der Waals surface area contributed by atoms with Crippen LogP contribution in [0.2, 0.25) is 0 Å². The summed E-state index contributed by atoms with van der Waals surface area (Å²) in [6.07, 6.45) is 11.2. The zero-order valence-corrected chi connectivity index (χ0v) is 9.11. The third kappa shape index (κ3) is 1.68. The Morgan fingerprint density at radius 1 is 1.73 bits per heavy atom. The maximum Gasteiger partial charge on any atom is 0.0938 e. The van der Waals surface area contributed by atoms with Gasteiger partial charge in [-0.15, -0.1) is 6.42 Å². The number of terminal acetylenes is 1. The molecule has 0 aromatic carbocycles. The van der Waals surface area contributed by atoms with Crippen LogP contribution >= 0.6 is 0 Å². The summed E-state index contributed by atoms with van der Waals surface area (Å²) in [5, 5.41) is 9.84.